The molecule has 0 saturated carbocycles. The van der Waals surface area contributed by atoms with Crippen molar-refractivity contribution in [3.63, 3.8) is 0 Å². The van der Waals surface area contributed by atoms with Crippen LogP contribution in [0.3, 0.4) is 0 Å². The minimum Gasteiger partial charge on any atom is -0.340 e. The van der Waals surface area contributed by atoms with Crippen LogP contribution in [0.5, 0.6) is 0 Å². The smallest absolute Gasteiger partial charge is 0.261 e. The number of rotatable bonds is 4. The molecule has 0 fully saturated rings. The molecule has 2 amide bonds. The van der Waals surface area contributed by atoms with Crippen LogP contribution in [-0.2, 0) is 4.79 Å². The maximum atomic E-state index is 12.0. The molecule has 2 N–H and O–H groups in total. The summed E-state index contributed by atoms with van der Waals surface area (Å²) in [6, 6.07) is 10.5. The third kappa shape index (κ3) is 3.68. The van der Waals surface area contributed by atoms with E-state index in [2.05, 4.69) is 10.6 Å². The van der Waals surface area contributed by atoms with Crippen molar-refractivity contribution < 1.29 is 9.59 Å². The third-order valence-corrected chi connectivity index (χ3v) is 3.64. The lowest BCUT2D eigenvalue weighted by Crippen LogP contribution is -2.41. The van der Waals surface area contributed by atoms with E-state index in [1.54, 1.807) is 19.1 Å². The highest BCUT2D eigenvalue weighted by atomic mass is 32.1. The van der Waals surface area contributed by atoms with Crippen LogP contribution >= 0.6 is 11.3 Å². The van der Waals surface area contributed by atoms with Gasteiger partial charge in [0.05, 0.1) is 4.88 Å². The first-order chi connectivity index (χ1) is 9.56. The fourth-order valence-corrected chi connectivity index (χ4v) is 2.34. The highest BCUT2D eigenvalue weighted by Gasteiger charge is 2.17. The molecular formula is C15H16N2O2S. The minimum atomic E-state index is -0.592. The zero-order valence-electron chi connectivity index (χ0n) is 11.3. The van der Waals surface area contributed by atoms with E-state index in [-0.39, 0.29) is 11.8 Å². The molecule has 104 valence electrons. The van der Waals surface area contributed by atoms with E-state index in [4.69, 9.17) is 0 Å². The van der Waals surface area contributed by atoms with Gasteiger partial charge in [-0.25, -0.2) is 0 Å². The summed E-state index contributed by atoms with van der Waals surface area (Å²) in [5, 5.41) is 7.29. The summed E-state index contributed by atoms with van der Waals surface area (Å²) in [5.41, 5.74) is 1.80. The predicted molar refractivity (Wildman–Crippen MR) is 81.1 cm³/mol. The van der Waals surface area contributed by atoms with Gasteiger partial charge in [0.2, 0.25) is 5.91 Å². The van der Waals surface area contributed by atoms with E-state index in [1.165, 1.54) is 11.3 Å². The van der Waals surface area contributed by atoms with Gasteiger partial charge in [-0.2, -0.15) is 0 Å². The number of carbonyl (C=O) groups excluding carboxylic acids is 2. The van der Waals surface area contributed by atoms with Gasteiger partial charge in [-0.3, -0.25) is 9.59 Å². The Morgan fingerprint density at radius 1 is 1.20 bits per heavy atom. The Labute approximate surface area is 121 Å². The number of aryl methyl sites for hydroxylation is 1. The summed E-state index contributed by atoms with van der Waals surface area (Å²) < 4.78 is 0. The molecule has 1 aromatic heterocycles. The first-order valence-corrected chi connectivity index (χ1v) is 7.16. The molecule has 0 aliphatic heterocycles. The maximum absolute atomic E-state index is 12.0. The number of anilines is 1. The van der Waals surface area contributed by atoms with Crippen molar-refractivity contribution in [2.24, 2.45) is 0 Å². The van der Waals surface area contributed by atoms with Crippen molar-refractivity contribution in [1.82, 2.24) is 5.32 Å². The van der Waals surface area contributed by atoms with Crippen LogP contribution in [-0.4, -0.2) is 17.9 Å². The molecule has 2 aromatic rings. The largest absolute Gasteiger partial charge is 0.340 e. The van der Waals surface area contributed by atoms with Crippen LogP contribution in [0.4, 0.5) is 5.69 Å². The number of hydrogen-bond acceptors (Lipinski definition) is 3. The lowest BCUT2D eigenvalue weighted by Gasteiger charge is -2.13. The fraction of sp³-hybridized carbons (Fsp3) is 0.200. The second-order valence-electron chi connectivity index (χ2n) is 4.53. The van der Waals surface area contributed by atoms with Gasteiger partial charge >= 0.3 is 0 Å². The van der Waals surface area contributed by atoms with Crippen molar-refractivity contribution in [3.8, 4) is 0 Å². The van der Waals surface area contributed by atoms with Gasteiger partial charge in [-0.15, -0.1) is 11.3 Å². The summed E-state index contributed by atoms with van der Waals surface area (Å²) in [6.07, 6.45) is 0. The summed E-state index contributed by atoms with van der Waals surface area (Å²) in [5.74, 6) is -0.465. The van der Waals surface area contributed by atoms with Crippen LogP contribution in [0.15, 0.2) is 41.8 Å². The summed E-state index contributed by atoms with van der Waals surface area (Å²) in [7, 11) is 0. The van der Waals surface area contributed by atoms with Gasteiger partial charge in [-0.1, -0.05) is 18.2 Å². The molecule has 0 bridgehead atoms. The quantitative estimate of drug-likeness (QED) is 0.909. The first-order valence-electron chi connectivity index (χ1n) is 6.28. The highest BCUT2D eigenvalue weighted by Crippen LogP contribution is 2.11. The topological polar surface area (TPSA) is 58.2 Å². The van der Waals surface area contributed by atoms with Crippen molar-refractivity contribution in [2.75, 3.05) is 5.32 Å². The van der Waals surface area contributed by atoms with Gasteiger partial charge in [0, 0.05) is 5.69 Å². The van der Waals surface area contributed by atoms with Crippen LogP contribution in [0, 0.1) is 6.92 Å². The summed E-state index contributed by atoms with van der Waals surface area (Å²) in [6.45, 7) is 3.62. The molecule has 1 atom stereocenters. The molecule has 4 nitrogen and oxygen atoms in total. The third-order valence-electron chi connectivity index (χ3n) is 2.77. The molecular weight excluding hydrogens is 272 g/mol. The molecule has 0 aliphatic carbocycles. The Kier molecular flexibility index (Phi) is 4.53. The first kappa shape index (κ1) is 14.3. The van der Waals surface area contributed by atoms with Gasteiger partial charge in [0.1, 0.15) is 6.04 Å². The summed E-state index contributed by atoms with van der Waals surface area (Å²) in [4.78, 5) is 24.5. The second-order valence-corrected chi connectivity index (χ2v) is 5.48. The number of carbonyl (C=O) groups is 2. The highest BCUT2D eigenvalue weighted by molar-refractivity contribution is 7.12. The minimum absolute atomic E-state index is 0.230. The monoisotopic (exact) mass is 288 g/mol. The Morgan fingerprint density at radius 2 is 2.00 bits per heavy atom. The number of thiophene rings is 1. The van der Waals surface area contributed by atoms with E-state index >= 15 is 0 Å². The van der Waals surface area contributed by atoms with Gasteiger partial charge in [0.25, 0.3) is 5.91 Å². The number of benzene rings is 1. The standard InChI is InChI=1S/C15H16N2O2S/c1-10-5-3-6-12(9-10)17-14(18)11(2)16-15(19)13-7-4-8-20-13/h3-9,11H,1-2H3,(H,16,19)(H,17,18)/t11-/m1/s1. The molecule has 2 rings (SSSR count). The SMILES string of the molecule is Cc1cccc(NC(=O)[C@@H](C)NC(=O)c2cccs2)c1. The zero-order valence-corrected chi connectivity index (χ0v) is 12.2. The molecule has 1 aromatic carbocycles. The lowest BCUT2D eigenvalue weighted by molar-refractivity contribution is -0.117. The summed E-state index contributed by atoms with van der Waals surface area (Å²) >= 11 is 1.35. The lowest BCUT2D eigenvalue weighted by atomic mass is 10.2. The normalized spacial score (nSPS) is 11.7. The van der Waals surface area contributed by atoms with Crippen LogP contribution in [0.25, 0.3) is 0 Å². The molecule has 0 saturated heterocycles. The fourth-order valence-electron chi connectivity index (χ4n) is 1.71. The van der Waals surface area contributed by atoms with Crippen molar-refractivity contribution >= 4 is 28.8 Å². The maximum Gasteiger partial charge on any atom is 0.261 e. The van der Waals surface area contributed by atoms with Crippen molar-refractivity contribution in [2.45, 2.75) is 19.9 Å². The number of hydrogen-bond donors (Lipinski definition) is 2. The Bertz CT molecular complexity index is 608. The number of nitrogens with one attached hydrogen (secondary N) is 2. The van der Waals surface area contributed by atoms with Gasteiger partial charge in [0.15, 0.2) is 0 Å². The predicted octanol–water partition coefficient (Wildman–Crippen LogP) is 2.81. The van der Waals surface area contributed by atoms with Crippen LogP contribution in [0.2, 0.25) is 0 Å². The number of amides is 2. The average Bonchev–Trinajstić information content (AvgIpc) is 2.92. The van der Waals surface area contributed by atoms with E-state index in [0.717, 1.165) is 11.3 Å². The van der Waals surface area contributed by atoms with E-state index < -0.39 is 6.04 Å². The molecule has 0 radical (unpaired) electrons. The molecule has 0 aliphatic rings. The van der Waals surface area contributed by atoms with Gasteiger partial charge in [-0.05, 0) is 43.0 Å². The van der Waals surface area contributed by atoms with Crippen molar-refractivity contribution in [3.05, 3.63) is 52.2 Å². The van der Waals surface area contributed by atoms with Crippen molar-refractivity contribution in [1.29, 1.82) is 0 Å². The van der Waals surface area contributed by atoms with E-state index in [1.807, 2.05) is 36.6 Å². The molecule has 5 heteroatoms. The second kappa shape index (κ2) is 6.34. The average molecular weight is 288 g/mol. The Balaban J connectivity index is 1.94. The Morgan fingerprint density at radius 3 is 2.65 bits per heavy atom. The molecule has 20 heavy (non-hydrogen) atoms. The van der Waals surface area contributed by atoms with Crippen LogP contribution in [0.1, 0.15) is 22.2 Å². The molecule has 1 heterocycles. The zero-order chi connectivity index (χ0) is 14.5. The van der Waals surface area contributed by atoms with E-state index in [9.17, 15) is 9.59 Å². The van der Waals surface area contributed by atoms with Gasteiger partial charge < -0.3 is 10.6 Å². The Hall–Kier alpha value is -2.14. The van der Waals surface area contributed by atoms with E-state index in [0.29, 0.717) is 4.88 Å². The molecule has 0 unspecified atom stereocenters. The van der Waals surface area contributed by atoms with Crippen LogP contribution < -0.4 is 10.6 Å². The molecule has 0 spiro atoms.